The number of carbonyl (C=O) groups excluding carboxylic acids is 1. The predicted molar refractivity (Wildman–Crippen MR) is 62.9 cm³/mol. The molecule has 0 saturated heterocycles. The van der Waals surface area contributed by atoms with E-state index in [0.29, 0.717) is 11.2 Å². The molecule has 2 amide bonds. The third kappa shape index (κ3) is 4.30. The Balaban J connectivity index is 2.33. The van der Waals surface area contributed by atoms with Crippen LogP contribution in [0.1, 0.15) is 32.6 Å². The molecule has 0 radical (unpaired) electrons. The van der Waals surface area contributed by atoms with Crippen LogP contribution in [0.15, 0.2) is 0 Å². The SMILES string of the molecule is CONC(=O)N[C@@H]1CCC[C@H](C(C)S)C1. The van der Waals surface area contributed by atoms with Crippen LogP contribution >= 0.6 is 12.6 Å². The largest absolute Gasteiger partial charge is 0.338 e. The van der Waals surface area contributed by atoms with Crippen molar-refractivity contribution >= 4 is 18.7 Å². The molecule has 0 heterocycles. The summed E-state index contributed by atoms with van der Waals surface area (Å²) in [5, 5.41) is 3.30. The molecule has 5 heteroatoms. The van der Waals surface area contributed by atoms with Crippen molar-refractivity contribution in [3.8, 4) is 0 Å². The van der Waals surface area contributed by atoms with Crippen molar-refractivity contribution in [3.63, 3.8) is 0 Å². The first kappa shape index (κ1) is 12.6. The van der Waals surface area contributed by atoms with Crippen LogP contribution in [0.2, 0.25) is 0 Å². The van der Waals surface area contributed by atoms with E-state index in [2.05, 4.69) is 35.2 Å². The Kier molecular flexibility index (Phi) is 5.25. The van der Waals surface area contributed by atoms with Crippen LogP contribution in [0.25, 0.3) is 0 Å². The topological polar surface area (TPSA) is 50.4 Å². The minimum atomic E-state index is -0.255. The van der Waals surface area contributed by atoms with Gasteiger partial charge in [0.2, 0.25) is 0 Å². The van der Waals surface area contributed by atoms with Gasteiger partial charge in [0.15, 0.2) is 0 Å². The Hall–Kier alpha value is -0.420. The van der Waals surface area contributed by atoms with E-state index < -0.39 is 0 Å². The van der Waals surface area contributed by atoms with E-state index in [9.17, 15) is 4.79 Å². The molecule has 0 aromatic heterocycles. The first-order valence-electron chi connectivity index (χ1n) is 5.41. The fraction of sp³-hybridized carbons (Fsp3) is 0.900. The van der Waals surface area contributed by atoms with E-state index in [1.54, 1.807) is 0 Å². The minimum Gasteiger partial charge on any atom is -0.334 e. The molecule has 1 aliphatic rings. The first-order chi connectivity index (χ1) is 7.13. The van der Waals surface area contributed by atoms with Crippen LogP contribution in [0.3, 0.4) is 0 Å². The number of amides is 2. The number of hydrogen-bond donors (Lipinski definition) is 3. The highest BCUT2D eigenvalue weighted by Gasteiger charge is 2.25. The van der Waals surface area contributed by atoms with E-state index in [0.717, 1.165) is 19.3 Å². The molecule has 1 aliphatic carbocycles. The fourth-order valence-corrected chi connectivity index (χ4v) is 2.38. The summed E-state index contributed by atoms with van der Waals surface area (Å²) in [6, 6.07) is 0.00321. The van der Waals surface area contributed by atoms with Crippen LogP contribution in [0.4, 0.5) is 4.79 Å². The molecule has 0 bridgehead atoms. The van der Waals surface area contributed by atoms with Gasteiger partial charge in [0.05, 0.1) is 7.11 Å². The zero-order chi connectivity index (χ0) is 11.3. The third-order valence-electron chi connectivity index (χ3n) is 2.93. The van der Waals surface area contributed by atoms with Gasteiger partial charge in [0.25, 0.3) is 0 Å². The minimum absolute atomic E-state index is 0.255. The third-order valence-corrected chi connectivity index (χ3v) is 3.35. The van der Waals surface area contributed by atoms with Gasteiger partial charge in [-0.25, -0.2) is 10.3 Å². The molecule has 1 saturated carbocycles. The molecule has 0 aromatic carbocycles. The van der Waals surface area contributed by atoms with Crippen LogP contribution in [0.5, 0.6) is 0 Å². The Morgan fingerprint density at radius 3 is 2.87 bits per heavy atom. The highest BCUT2D eigenvalue weighted by Crippen LogP contribution is 2.29. The summed E-state index contributed by atoms with van der Waals surface area (Å²) in [7, 11) is 1.43. The highest BCUT2D eigenvalue weighted by molar-refractivity contribution is 7.80. The summed E-state index contributed by atoms with van der Waals surface area (Å²) in [6.07, 6.45) is 4.44. The van der Waals surface area contributed by atoms with Gasteiger partial charge in [-0.1, -0.05) is 13.3 Å². The molecule has 1 unspecified atom stereocenters. The fourth-order valence-electron chi connectivity index (χ4n) is 2.10. The molecule has 3 atom stereocenters. The summed E-state index contributed by atoms with van der Waals surface area (Å²) < 4.78 is 0. The number of thiol groups is 1. The van der Waals surface area contributed by atoms with E-state index >= 15 is 0 Å². The lowest BCUT2D eigenvalue weighted by molar-refractivity contribution is 0.104. The lowest BCUT2D eigenvalue weighted by Gasteiger charge is -2.31. The Morgan fingerprint density at radius 2 is 2.27 bits per heavy atom. The van der Waals surface area contributed by atoms with Gasteiger partial charge < -0.3 is 5.32 Å². The molecule has 0 aromatic rings. The summed E-state index contributed by atoms with van der Waals surface area (Å²) in [4.78, 5) is 15.8. The van der Waals surface area contributed by atoms with E-state index in [1.165, 1.54) is 13.5 Å². The maximum absolute atomic E-state index is 11.2. The molecule has 0 aliphatic heterocycles. The van der Waals surface area contributed by atoms with E-state index in [-0.39, 0.29) is 12.1 Å². The molecular formula is C10H20N2O2S. The van der Waals surface area contributed by atoms with Crippen molar-refractivity contribution in [2.24, 2.45) is 5.92 Å². The Morgan fingerprint density at radius 1 is 1.53 bits per heavy atom. The van der Waals surface area contributed by atoms with Crippen molar-refractivity contribution in [2.75, 3.05) is 7.11 Å². The van der Waals surface area contributed by atoms with Crippen molar-refractivity contribution < 1.29 is 9.63 Å². The zero-order valence-corrected chi connectivity index (χ0v) is 10.2. The Labute approximate surface area is 96.5 Å². The van der Waals surface area contributed by atoms with Gasteiger partial charge in [-0.15, -0.1) is 0 Å². The number of urea groups is 1. The zero-order valence-electron chi connectivity index (χ0n) is 9.32. The van der Waals surface area contributed by atoms with Crippen molar-refractivity contribution in [3.05, 3.63) is 0 Å². The number of hydroxylamine groups is 1. The number of hydrogen-bond acceptors (Lipinski definition) is 3. The standard InChI is InChI=1S/C10H20N2O2S/c1-7(15)8-4-3-5-9(6-8)11-10(13)12-14-2/h7-9,15H,3-6H2,1-2H3,(H2,11,12,13)/t7?,8-,9+/m0/s1. The molecule has 2 N–H and O–H groups in total. The second-order valence-corrected chi connectivity index (χ2v) is 4.96. The van der Waals surface area contributed by atoms with Crippen molar-refractivity contribution in [2.45, 2.75) is 43.9 Å². The van der Waals surface area contributed by atoms with Gasteiger partial charge in [0.1, 0.15) is 0 Å². The number of carbonyl (C=O) groups is 1. The molecule has 15 heavy (non-hydrogen) atoms. The first-order valence-corrected chi connectivity index (χ1v) is 5.92. The molecule has 4 nitrogen and oxygen atoms in total. The van der Waals surface area contributed by atoms with E-state index in [1.807, 2.05) is 0 Å². The normalized spacial score (nSPS) is 28.2. The highest BCUT2D eigenvalue weighted by atomic mass is 32.1. The van der Waals surface area contributed by atoms with E-state index in [4.69, 9.17) is 0 Å². The molecule has 0 spiro atoms. The summed E-state index contributed by atoms with van der Waals surface area (Å²) in [6.45, 7) is 2.12. The van der Waals surface area contributed by atoms with Gasteiger partial charge in [-0.2, -0.15) is 12.6 Å². The lowest BCUT2D eigenvalue weighted by Crippen LogP contribution is -2.44. The molecule has 88 valence electrons. The van der Waals surface area contributed by atoms with Crippen LogP contribution in [0, 0.1) is 5.92 Å². The lowest BCUT2D eigenvalue weighted by atomic mass is 9.84. The van der Waals surface area contributed by atoms with Crippen LogP contribution < -0.4 is 10.8 Å². The van der Waals surface area contributed by atoms with Gasteiger partial charge >= 0.3 is 6.03 Å². The average molecular weight is 232 g/mol. The average Bonchev–Trinajstić information content (AvgIpc) is 2.18. The second-order valence-electron chi connectivity index (χ2n) is 4.14. The second kappa shape index (κ2) is 6.23. The quantitative estimate of drug-likeness (QED) is 0.512. The van der Waals surface area contributed by atoms with Crippen molar-refractivity contribution in [1.29, 1.82) is 0 Å². The number of nitrogens with one attached hydrogen (secondary N) is 2. The smallest absolute Gasteiger partial charge is 0.334 e. The van der Waals surface area contributed by atoms with Crippen molar-refractivity contribution in [1.82, 2.24) is 10.8 Å². The summed E-state index contributed by atoms with van der Waals surface area (Å²) >= 11 is 4.46. The number of rotatable bonds is 3. The molecular weight excluding hydrogens is 212 g/mol. The maximum Gasteiger partial charge on any atom is 0.338 e. The summed E-state index contributed by atoms with van der Waals surface area (Å²) in [5.74, 6) is 0.606. The van der Waals surface area contributed by atoms with Crippen LogP contribution in [-0.2, 0) is 4.84 Å². The van der Waals surface area contributed by atoms with Gasteiger partial charge in [-0.05, 0) is 25.2 Å². The maximum atomic E-state index is 11.2. The van der Waals surface area contributed by atoms with Crippen LogP contribution in [-0.4, -0.2) is 24.4 Å². The molecule has 1 rings (SSSR count). The predicted octanol–water partition coefficient (Wildman–Crippen LogP) is 1.72. The Bertz CT molecular complexity index is 212. The van der Waals surface area contributed by atoms with Gasteiger partial charge in [0, 0.05) is 11.3 Å². The summed E-state index contributed by atoms with van der Waals surface area (Å²) in [5.41, 5.74) is 2.27. The monoisotopic (exact) mass is 232 g/mol. The molecule has 1 fully saturated rings. The van der Waals surface area contributed by atoms with Gasteiger partial charge in [-0.3, -0.25) is 4.84 Å².